The van der Waals surface area contributed by atoms with Crippen LogP contribution in [0.4, 0.5) is 0 Å². The fraction of sp³-hybridized carbons (Fsp3) is 0.261. The number of benzene rings is 1. The highest BCUT2D eigenvalue weighted by molar-refractivity contribution is 7.99. The molecular weight excluding hydrogens is 462 g/mol. The second-order valence-corrected chi connectivity index (χ2v) is 10.2. The summed E-state index contributed by atoms with van der Waals surface area (Å²) in [6.45, 7) is 1.28. The molecule has 0 spiro atoms. The van der Waals surface area contributed by atoms with Crippen LogP contribution in [0.15, 0.2) is 63.2 Å². The molecule has 164 valence electrons. The van der Waals surface area contributed by atoms with Gasteiger partial charge in [0, 0.05) is 29.0 Å². The number of amides is 1. The number of para-hydroxylation sites is 1. The minimum atomic E-state index is -0.117. The Morgan fingerprint density at radius 2 is 2.09 bits per heavy atom. The third-order valence-corrected chi connectivity index (χ3v) is 7.98. The molecule has 0 aliphatic carbocycles. The number of hydrogen-bond acceptors (Lipinski definition) is 7. The van der Waals surface area contributed by atoms with Gasteiger partial charge < -0.3 is 10.1 Å². The van der Waals surface area contributed by atoms with Crippen LogP contribution < -0.4 is 10.9 Å². The first kappa shape index (κ1) is 21.4. The molecule has 1 saturated heterocycles. The van der Waals surface area contributed by atoms with E-state index in [0.29, 0.717) is 21.9 Å². The van der Waals surface area contributed by atoms with Crippen molar-refractivity contribution < 1.29 is 9.53 Å². The highest BCUT2D eigenvalue weighted by Crippen LogP contribution is 2.35. The Bertz CT molecular complexity index is 1280. The first-order valence-electron chi connectivity index (χ1n) is 10.4. The zero-order chi connectivity index (χ0) is 21.9. The van der Waals surface area contributed by atoms with Crippen LogP contribution in [-0.2, 0) is 9.53 Å². The monoisotopic (exact) mass is 483 g/mol. The smallest absolute Gasteiger partial charge is 0.268 e. The quantitative estimate of drug-likeness (QED) is 0.308. The molecule has 1 amide bonds. The summed E-state index contributed by atoms with van der Waals surface area (Å²) in [5, 5.41) is 8.06. The Hall–Kier alpha value is -2.46. The molecule has 4 aromatic rings. The lowest BCUT2D eigenvalue weighted by molar-refractivity contribution is -0.119. The van der Waals surface area contributed by atoms with Gasteiger partial charge in [0.15, 0.2) is 5.16 Å². The van der Waals surface area contributed by atoms with Gasteiger partial charge in [0.25, 0.3) is 5.56 Å². The Morgan fingerprint density at radius 1 is 1.22 bits per heavy atom. The van der Waals surface area contributed by atoms with E-state index in [1.165, 1.54) is 23.1 Å². The molecule has 5 rings (SSSR count). The maximum Gasteiger partial charge on any atom is 0.268 e. The van der Waals surface area contributed by atoms with Crippen LogP contribution in [0.25, 0.3) is 26.3 Å². The molecule has 0 bridgehead atoms. The average Bonchev–Trinajstić information content (AvgIpc) is 3.58. The van der Waals surface area contributed by atoms with Crippen LogP contribution in [0.2, 0.25) is 0 Å². The molecule has 1 aliphatic heterocycles. The van der Waals surface area contributed by atoms with E-state index in [-0.39, 0.29) is 23.3 Å². The number of nitrogens with one attached hydrogen (secondary N) is 1. The van der Waals surface area contributed by atoms with Crippen LogP contribution in [0.1, 0.15) is 12.8 Å². The summed E-state index contributed by atoms with van der Waals surface area (Å²) < 4.78 is 7.18. The van der Waals surface area contributed by atoms with E-state index in [4.69, 9.17) is 9.72 Å². The third kappa shape index (κ3) is 4.38. The predicted octanol–water partition coefficient (Wildman–Crippen LogP) is 4.56. The normalized spacial score (nSPS) is 15.9. The van der Waals surface area contributed by atoms with E-state index in [1.807, 2.05) is 53.2 Å². The molecule has 4 heterocycles. The van der Waals surface area contributed by atoms with E-state index < -0.39 is 0 Å². The van der Waals surface area contributed by atoms with Crippen molar-refractivity contribution in [2.45, 2.75) is 24.1 Å². The average molecular weight is 484 g/mol. The van der Waals surface area contributed by atoms with Gasteiger partial charge in [-0.25, -0.2) is 4.98 Å². The lowest BCUT2D eigenvalue weighted by Crippen LogP contribution is -2.33. The zero-order valence-electron chi connectivity index (χ0n) is 17.2. The molecule has 1 aliphatic rings. The van der Waals surface area contributed by atoms with Gasteiger partial charge in [0.2, 0.25) is 5.91 Å². The topological polar surface area (TPSA) is 73.2 Å². The summed E-state index contributed by atoms with van der Waals surface area (Å²) in [5.41, 5.74) is 1.53. The first-order valence-corrected chi connectivity index (χ1v) is 13.1. The first-order chi connectivity index (χ1) is 15.7. The van der Waals surface area contributed by atoms with Gasteiger partial charge in [-0.1, -0.05) is 36.0 Å². The number of fused-ring (bicyclic) bond motifs is 1. The molecule has 1 unspecified atom stereocenters. The predicted molar refractivity (Wildman–Crippen MR) is 131 cm³/mol. The number of hydrogen-bond donors (Lipinski definition) is 1. The molecule has 0 radical (unpaired) electrons. The Kier molecular flexibility index (Phi) is 6.40. The van der Waals surface area contributed by atoms with Gasteiger partial charge in [-0.3, -0.25) is 14.2 Å². The molecule has 1 atom stereocenters. The van der Waals surface area contributed by atoms with Crippen molar-refractivity contribution in [3.8, 4) is 16.1 Å². The van der Waals surface area contributed by atoms with Crippen molar-refractivity contribution in [3.05, 3.63) is 63.6 Å². The number of aromatic nitrogens is 2. The number of carbonyl (C=O) groups excluding carboxylic acids is 1. The zero-order valence-corrected chi connectivity index (χ0v) is 19.6. The van der Waals surface area contributed by atoms with Crippen molar-refractivity contribution >= 4 is 50.6 Å². The number of nitrogens with zero attached hydrogens (tertiary/aromatic N) is 2. The maximum atomic E-state index is 13.7. The van der Waals surface area contributed by atoms with Crippen molar-refractivity contribution in [1.29, 1.82) is 0 Å². The second kappa shape index (κ2) is 9.58. The molecule has 32 heavy (non-hydrogen) atoms. The van der Waals surface area contributed by atoms with Crippen LogP contribution in [-0.4, -0.2) is 40.5 Å². The summed E-state index contributed by atoms with van der Waals surface area (Å²) in [5.74, 6) is 0.0885. The van der Waals surface area contributed by atoms with E-state index in [2.05, 4.69) is 5.32 Å². The lowest BCUT2D eigenvalue weighted by atomic mass is 10.2. The maximum absolute atomic E-state index is 13.7. The van der Waals surface area contributed by atoms with Gasteiger partial charge in [0.05, 0.1) is 22.9 Å². The standard InChI is InChI=1S/C23H21N3O3S3/c27-19(24-12-16-8-4-10-29-16)14-32-23-25-21-20(17(13-31-21)18-9-5-11-30-18)22(28)26(23)15-6-2-1-3-7-15/h1-3,5-7,9,11,13,16H,4,8,10,12,14H2,(H,24,27). The van der Waals surface area contributed by atoms with E-state index in [0.717, 1.165) is 35.6 Å². The fourth-order valence-electron chi connectivity index (χ4n) is 3.70. The molecule has 1 aromatic carbocycles. The van der Waals surface area contributed by atoms with E-state index in [9.17, 15) is 9.59 Å². The SMILES string of the molecule is O=C(CSc1nc2scc(-c3cccs3)c2c(=O)n1-c1ccccc1)NCC1CCCO1. The van der Waals surface area contributed by atoms with Crippen molar-refractivity contribution in [2.24, 2.45) is 0 Å². The van der Waals surface area contributed by atoms with Crippen molar-refractivity contribution in [2.75, 3.05) is 18.9 Å². The summed E-state index contributed by atoms with van der Waals surface area (Å²) in [6.07, 6.45) is 2.11. The Morgan fingerprint density at radius 3 is 2.84 bits per heavy atom. The number of ether oxygens (including phenoxy) is 1. The number of carbonyl (C=O) groups is 1. The van der Waals surface area contributed by atoms with Gasteiger partial charge in [-0.15, -0.1) is 22.7 Å². The van der Waals surface area contributed by atoms with Crippen LogP contribution in [0.3, 0.4) is 0 Å². The highest BCUT2D eigenvalue weighted by Gasteiger charge is 2.20. The van der Waals surface area contributed by atoms with E-state index in [1.54, 1.807) is 15.9 Å². The lowest BCUT2D eigenvalue weighted by Gasteiger charge is -2.13. The summed E-state index contributed by atoms with van der Waals surface area (Å²) >= 11 is 4.34. The van der Waals surface area contributed by atoms with Crippen LogP contribution in [0.5, 0.6) is 0 Å². The fourth-order valence-corrected chi connectivity index (χ4v) is 6.35. The minimum absolute atomic E-state index is 0.0927. The Balaban J connectivity index is 1.47. The minimum Gasteiger partial charge on any atom is -0.376 e. The van der Waals surface area contributed by atoms with Gasteiger partial charge in [0.1, 0.15) is 4.83 Å². The van der Waals surface area contributed by atoms with Crippen LogP contribution >= 0.6 is 34.4 Å². The summed E-state index contributed by atoms with van der Waals surface area (Å²) in [6, 6.07) is 13.4. The number of thiophene rings is 2. The van der Waals surface area contributed by atoms with Gasteiger partial charge in [-0.05, 0) is 36.4 Å². The molecule has 1 fully saturated rings. The highest BCUT2D eigenvalue weighted by atomic mass is 32.2. The molecule has 9 heteroatoms. The van der Waals surface area contributed by atoms with Gasteiger partial charge in [-0.2, -0.15) is 0 Å². The molecule has 1 N–H and O–H groups in total. The van der Waals surface area contributed by atoms with Crippen molar-refractivity contribution in [1.82, 2.24) is 14.9 Å². The van der Waals surface area contributed by atoms with Crippen LogP contribution in [0, 0.1) is 0 Å². The number of rotatable bonds is 7. The summed E-state index contributed by atoms with van der Waals surface area (Å²) in [7, 11) is 0. The molecule has 3 aromatic heterocycles. The van der Waals surface area contributed by atoms with Crippen molar-refractivity contribution in [3.63, 3.8) is 0 Å². The second-order valence-electron chi connectivity index (χ2n) is 7.41. The third-order valence-electron chi connectivity index (χ3n) is 5.26. The summed E-state index contributed by atoms with van der Waals surface area (Å²) in [4.78, 5) is 32.6. The number of thioether (sulfide) groups is 1. The largest absolute Gasteiger partial charge is 0.376 e. The molecular formula is C23H21N3O3S3. The van der Waals surface area contributed by atoms with Gasteiger partial charge >= 0.3 is 0 Å². The van der Waals surface area contributed by atoms with E-state index >= 15 is 0 Å². The Labute approximate surface area is 197 Å². The molecule has 6 nitrogen and oxygen atoms in total. The molecule has 0 saturated carbocycles.